The molecule has 5 rings (SSSR count). The number of benzene rings is 1. The zero-order chi connectivity index (χ0) is 23.3. The van der Waals surface area contributed by atoms with Crippen LogP contribution in [-0.4, -0.2) is 60.4 Å². The van der Waals surface area contributed by atoms with Gasteiger partial charge in [0.15, 0.2) is 5.11 Å². The van der Waals surface area contributed by atoms with Gasteiger partial charge in [-0.15, -0.1) is 0 Å². The molecule has 8 heteroatoms. The molecule has 3 heterocycles. The maximum absolute atomic E-state index is 5.62. The van der Waals surface area contributed by atoms with Gasteiger partial charge in [0.25, 0.3) is 0 Å². The molecule has 0 bridgehead atoms. The van der Waals surface area contributed by atoms with Gasteiger partial charge in [-0.1, -0.05) is 38.0 Å². The Morgan fingerprint density at radius 1 is 0.853 bits per heavy atom. The van der Waals surface area contributed by atoms with Crippen LogP contribution in [0.15, 0.2) is 36.4 Å². The predicted octanol–water partition coefficient (Wildman–Crippen LogP) is 4.27. The summed E-state index contributed by atoms with van der Waals surface area (Å²) < 4.78 is 0. The predicted molar refractivity (Wildman–Crippen MR) is 145 cm³/mol. The number of nitrogens with one attached hydrogen (secondary N) is 2. The van der Waals surface area contributed by atoms with Crippen LogP contribution in [0.25, 0.3) is 0 Å². The molecule has 34 heavy (non-hydrogen) atoms. The highest BCUT2D eigenvalue weighted by Crippen LogP contribution is 2.27. The highest BCUT2D eigenvalue weighted by Gasteiger charge is 2.24. The van der Waals surface area contributed by atoms with Crippen LogP contribution in [0.3, 0.4) is 0 Å². The fourth-order valence-electron chi connectivity index (χ4n) is 5.43. The van der Waals surface area contributed by atoms with Gasteiger partial charge in [0, 0.05) is 57.1 Å². The van der Waals surface area contributed by atoms with E-state index in [2.05, 4.69) is 68.7 Å². The Morgan fingerprint density at radius 3 is 2.24 bits per heavy atom. The van der Waals surface area contributed by atoms with E-state index >= 15 is 0 Å². The fraction of sp³-hybridized carbons (Fsp3) is 0.577. The molecule has 1 aliphatic carbocycles. The van der Waals surface area contributed by atoms with Crippen LogP contribution in [-0.2, 0) is 0 Å². The van der Waals surface area contributed by atoms with Crippen LogP contribution < -0.4 is 25.3 Å². The van der Waals surface area contributed by atoms with Gasteiger partial charge in [-0.2, -0.15) is 9.97 Å². The average molecular weight is 480 g/mol. The Kier molecular flexibility index (Phi) is 7.33. The first-order valence-corrected chi connectivity index (χ1v) is 13.3. The number of rotatable bonds is 5. The number of aromatic nitrogens is 2. The molecule has 0 spiro atoms. The number of anilines is 4. The summed E-state index contributed by atoms with van der Waals surface area (Å²) in [5.41, 5.74) is 1.29. The maximum Gasteiger partial charge on any atom is 0.232 e. The van der Waals surface area contributed by atoms with Gasteiger partial charge in [-0.05, 0) is 56.0 Å². The lowest BCUT2D eigenvalue weighted by molar-refractivity contribution is 0.444. The van der Waals surface area contributed by atoms with Crippen LogP contribution in [0.5, 0.6) is 0 Å². The Bertz CT molecular complexity index is 955. The van der Waals surface area contributed by atoms with E-state index in [1.807, 2.05) is 0 Å². The maximum atomic E-state index is 5.62. The van der Waals surface area contributed by atoms with Gasteiger partial charge in [-0.3, -0.25) is 0 Å². The van der Waals surface area contributed by atoms with E-state index in [1.54, 1.807) is 0 Å². The molecule has 0 radical (unpaired) electrons. The second-order valence-electron chi connectivity index (χ2n) is 9.99. The summed E-state index contributed by atoms with van der Waals surface area (Å²) in [6.45, 7) is 8.26. The number of piperazine rings is 1. The zero-order valence-corrected chi connectivity index (χ0v) is 21.1. The summed E-state index contributed by atoms with van der Waals surface area (Å²) in [4.78, 5) is 17.1. The Hall–Kier alpha value is -2.61. The number of para-hydroxylation sites is 1. The molecule has 1 aromatic carbocycles. The number of piperidine rings is 1. The molecule has 0 amide bonds. The first-order chi connectivity index (χ1) is 16.6. The normalized spacial score (nSPS) is 21.6. The Morgan fingerprint density at radius 2 is 1.53 bits per heavy atom. The molecule has 2 aromatic rings. The highest BCUT2D eigenvalue weighted by atomic mass is 32.1. The minimum atomic E-state index is 0.469. The van der Waals surface area contributed by atoms with Crippen molar-refractivity contribution in [3.63, 3.8) is 0 Å². The van der Waals surface area contributed by atoms with E-state index in [1.165, 1.54) is 44.2 Å². The molecule has 1 aromatic heterocycles. The van der Waals surface area contributed by atoms with Gasteiger partial charge in [0.2, 0.25) is 5.95 Å². The van der Waals surface area contributed by atoms with Crippen molar-refractivity contribution in [3.05, 3.63) is 36.4 Å². The zero-order valence-electron chi connectivity index (χ0n) is 20.2. The van der Waals surface area contributed by atoms with Crippen molar-refractivity contribution in [1.82, 2.24) is 15.3 Å². The summed E-state index contributed by atoms with van der Waals surface area (Å²) in [6, 6.07) is 13.3. The second-order valence-corrected chi connectivity index (χ2v) is 10.4. The summed E-state index contributed by atoms with van der Waals surface area (Å²) in [5.74, 6) is 3.28. The largest absolute Gasteiger partial charge is 0.368 e. The molecule has 2 aliphatic heterocycles. The SMILES string of the molecule is CC1CCCN(c2cc(N3CCN(c4ccccc4)CC3)nc(NC(=S)NC3CCCC3)n2)C1. The topological polar surface area (TPSA) is 59.6 Å². The third-order valence-corrected chi connectivity index (χ3v) is 7.54. The van der Waals surface area contributed by atoms with E-state index in [4.69, 9.17) is 22.2 Å². The standard InChI is InChI=1S/C26H37N7S/c1-20-8-7-13-33(19-20)24-18-23(28-25(29-24)30-26(34)27-21-9-5-6-10-21)32-16-14-31(15-17-32)22-11-3-2-4-12-22/h2-4,11-12,18,20-21H,5-10,13-17,19H2,1H3,(H2,27,28,29,30,34). The van der Waals surface area contributed by atoms with Crippen LogP contribution in [0.2, 0.25) is 0 Å². The van der Waals surface area contributed by atoms with Crippen molar-refractivity contribution in [1.29, 1.82) is 0 Å². The monoisotopic (exact) mass is 479 g/mol. The molecular formula is C26H37N7S. The lowest BCUT2D eigenvalue weighted by Crippen LogP contribution is -2.47. The second kappa shape index (κ2) is 10.8. The van der Waals surface area contributed by atoms with E-state index in [9.17, 15) is 0 Å². The van der Waals surface area contributed by atoms with Gasteiger partial charge in [-0.25, -0.2) is 0 Å². The number of hydrogen-bond donors (Lipinski definition) is 2. The van der Waals surface area contributed by atoms with E-state index in [0.717, 1.165) is 50.9 Å². The smallest absolute Gasteiger partial charge is 0.232 e. The highest BCUT2D eigenvalue weighted by molar-refractivity contribution is 7.80. The first kappa shape index (κ1) is 23.1. The molecule has 2 saturated heterocycles. The fourth-order valence-corrected chi connectivity index (χ4v) is 5.68. The Labute approximate surface area is 208 Å². The van der Waals surface area contributed by atoms with Gasteiger partial charge in [0.1, 0.15) is 11.6 Å². The quantitative estimate of drug-likeness (QED) is 0.617. The molecule has 3 fully saturated rings. The lowest BCUT2D eigenvalue weighted by Gasteiger charge is -2.37. The Balaban J connectivity index is 1.32. The van der Waals surface area contributed by atoms with Crippen LogP contribution in [0.1, 0.15) is 45.4 Å². The third-order valence-electron chi connectivity index (χ3n) is 7.32. The van der Waals surface area contributed by atoms with Gasteiger partial charge >= 0.3 is 0 Å². The summed E-state index contributed by atoms with van der Waals surface area (Å²) >= 11 is 5.62. The minimum absolute atomic E-state index is 0.469. The van der Waals surface area contributed by atoms with Gasteiger partial charge in [0.05, 0.1) is 0 Å². The average Bonchev–Trinajstić information content (AvgIpc) is 3.37. The molecule has 1 unspecified atom stereocenters. The van der Waals surface area contributed by atoms with Crippen molar-refractivity contribution in [3.8, 4) is 0 Å². The third kappa shape index (κ3) is 5.71. The molecule has 1 saturated carbocycles. The summed E-state index contributed by atoms with van der Waals surface area (Å²) in [5, 5.41) is 7.41. The van der Waals surface area contributed by atoms with E-state index in [-0.39, 0.29) is 0 Å². The molecule has 1 atom stereocenters. The van der Waals surface area contributed by atoms with Gasteiger partial charge < -0.3 is 25.3 Å². The van der Waals surface area contributed by atoms with Crippen molar-refractivity contribution in [2.24, 2.45) is 5.92 Å². The summed E-state index contributed by atoms with van der Waals surface area (Å²) in [6.07, 6.45) is 7.42. The number of thiocarbonyl (C=S) groups is 1. The summed E-state index contributed by atoms with van der Waals surface area (Å²) in [7, 11) is 0. The lowest BCUT2D eigenvalue weighted by atomic mass is 10.0. The first-order valence-electron chi connectivity index (χ1n) is 12.9. The van der Waals surface area contributed by atoms with Crippen molar-refractivity contribution in [2.45, 2.75) is 51.5 Å². The van der Waals surface area contributed by atoms with E-state index < -0.39 is 0 Å². The van der Waals surface area contributed by atoms with Crippen LogP contribution >= 0.6 is 12.2 Å². The van der Waals surface area contributed by atoms with Crippen LogP contribution in [0.4, 0.5) is 23.3 Å². The number of nitrogens with zero attached hydrogens (tertiary/aromatic N) is 5. The molecule has 7 nitrogen and oxygen atoms in total. The van der Waals surface area contributed by atoms with Crippen molar-refractivity contribution < 1.29 is 0 Å². The van der Waals surface area contributed by atoms with Crippen molar-refractivity contribution >= 4 is 40.6 Å². The number of hydrogen-bond acceptors (Lipinski definition) is 6. The molecule has 182 valence electrons. The molecular weight excluding hydrogens is 442 g/mol. The minimum Gasteiger partial charge on any atom is -0.368 e. The van der Waals surface area contributed by atoms with Crippen molar-refractivity contribution in [2.75, 3.05) is 59.3 Å². The molecule has 3 aliphatic rings. The van der Waals surface area contributed by atoms with Crippen LogP contribution in [0, 0.1) is 5.92 Å². The van der Waals surface area contributed by atoms with E-state index in [0.29, 0.717) is 23.0 Å². The molecule has 2 N–H and O–H groups in total.